The van der Waals surface area contributed by atoms with Crippen LogP contribution in [0.1, 0.15) is 31.7 Å². The molecule has 1 aromatic carbocycles. The number of halogens is 3. The van der Waals surface area contributed by atoms with Crippen molar-refractivity contribution in [3.63, 3.8) is 0 Å². The lowest BCUT2D eigenvalue weighted by Gasteiger charge is -2.28. The molecule has 0 aromatic heterocycles. The number of hydrogen-bond acceptors (Lipinski definition) is 4. The minimum absolute atomic E-state index is 0.0401. The van der Waals surface area contributed by atoms with Crippen LogP contribution >= 0.6 is 0 Å². The number of aliphatic hydroxyl groups is 1. The summed E-state index contributed by atoms with van der Waals surface area (Å²) >= 11 is 0. The average molecular weight is 388 g/mol. The molecule has 0 spiro atoms. The van der Waals surface area contributed by atoms with E-state index < -0.39 is 17.8 Å². The van der Waals surface area contributed by atoms with Crippen LogP contribution in [-0.4, -0.2) is 43.4 Å². The van der Waals surface area contributed by atoms with Gasteiger partial charge >= 0.3 is 6.18 Å². The first-order valence-corrected chi connectivity index (χ1v) is 9.21. The van der Waals surface area contributed by atoms with Crippen molar-refractivity contribution < 1.29 is 27.8 Å². The summed E-state index contributed by atoms with van der Waals surface area (Å²) in [5, 5.41) is 15.9. The van der Waals surface area contributed by atoms with Gasteiger partial charge < -0.3 is 20.5 Å². The van der Waals surface area contributed by atoms with Crippen LogP contribution in [0.2, 0.25) is 0 Å². The molecule has 1 heterocycles. The molecule has 2 rings (SSSR count). The van der Waals surface area contributed by atoms with Crippen LogP contribution in [0.3, 0.4) is 0 Å². The smallest absolute Gasteiger partial charge is 0.416 e. The van der Waals surface area contributed by atoms with Crippen LogP contribution in [0, 0.1) is 11.8 Å². The fourth-order valence-electron chi connectivity index (χ4n) is 3.17. The van der Waals surface area contributed by atoms with Gasteiger partial charge in [-0.25, -0.2) is 0 Å². The minimum Gasteiger partial charge on any atom is -0.491 e. The zero-order valence-electron chi connectivity index (χ0n) is 15.4. The lowest BCUT2D eigenvalue weighted by molar-refractivity contribution is -0.137. The van der Waals surface area contributed by atoms with Gasteiger partial charge in [0, 0.05) is 13.0 Å². The molecule has 1 saturated heterocycles. The number of benzene rings is 1. The Morgan fingerprint density at radius 3 is 2.52 bits per heavy atom. The first kappa shape index (κ1) is 21.5. The van der Waals surface area contributed by atoms with Crippen molar-refractivity contribution >= 4 is 5.91 Å². The molecule has 1 fully saturated rings. The predicted molar refractivity (Wildman–Crippen MR) is 95.3 cm³/mol. The summed E-state index contributed by atoms with van der Waals surface area (Å²) in [6, 6.07) is 4.25. The average Bonchev–Trinajstić information content (AvgIpc) is 2.65. The van der Waals surface area contributed by atoms with E-state index in [4.69, 9.17) is 4.74 Å². The van der Waals surface area contributed by atoms with Crippen molar-refractivity contribution in [2.75, 3.05) is 26.2 Å². The highest BCUT2D eigenvalue weighted by atomic mass is 19.4. The molecule has 0 bridgehead atoms. The maximum absolute atomic E-state index is 12.5. The van der Waals surface area contributed by atoms with Crippen LogP contribution in [0.25, 0.3) is 0 Å². The summed E-state index contributed by atoms with van der Waals surface area (Å²) in [6.45, 7) is 3.96. The molecule has 1 aliphatic rings. The Bertz CT molecular complexity index is 587. The molecule has 2 atom stereocenters. The Hall–Kier alpha value is -1.80. The maximum Gasteiger partial charge on any atom is 0.416 e. The van der Waals surface area contributed by atoms with Gasteiger partial charge in [0.1, 0.15) is 18.5 Å². The monoisotopic (exact) mass is 388 g/mol. The highest BCUT2D eigenvalue weighted by Gasteiger charge is 2.30. The second-order valence-electron chi connectivity index (χ2n) is 7.06. The zero-order chi connectivity index (χ0) is 19.9. The van der Waals surface area contributed by atoms with Crippen LogP contribution in [-0.2, 0) is 11.0 Å². The molecule has 1 aromatic rings. The van der Waals surface area contributed by atoms with Crippen molar-refractivity contribution in [3.8, 4) is 5.75 Å². The second kappa shape index (κ2) is 9.94. The maximum atomic E-state index is 12.5. The molecule has 0 aliphatic carbocycles. The summed E-state index contributed by atoms with van der Waals surface area (Å²) in [5.41, 5.74) is -0.759. The summed E-state index contributed by atoms with van der Waals surface area (Å²) in [4.78, 5) is 12.0. The molecule has 2 unspecified atom stereocenters. The van der Waals surface area contributed by atoms with Crippen molar-refractivity contribution in [2.45, 2.75) is 38.5 Å². The molecule has 0 radical (unpaired) electrons. The normalized spacial score (nSPS) is 18.0. The van der Waals surface area contributed by atoms with Gasteiger partial charge in [0.05, 0.1) is 5.56 Å². The van der Waals surface area contributed by atoms with E-state index in [1.54, 1.807) is 0 Å². The molecule has 1 amide bonds. The van der Waals surface area contributed by atoms with Crippen LogP contribution in [0.15, 0.2) is 24.3 Å². The van der Waals surface area contributed by atoms with Crippen LogP contribution in [0.5, 0.6) is 5.75 Å². The highest BCUT2D eigenvalue weighted by molar-refractivity contribution is 5.76. The van der Waals surface area contributed by atoms with E-state index in [0.717, 1.165) is 38.1 Å². The lowest BCUT2D eigenvalue weighted by atomic mass is 9.84. The lowest BCUT2D eigenvalue weighted by Crippen LogP contribution is -2.37. The first-order valence-electron chi connectivity index (χ1n) is 9.21. The molecule has 3 N–H and O–H groups in total. The highest BCUT2D eigenvalue weighted by Crippen LogP contribution is 2.30. The summed E-state index contributed by atoms with van der Waals surface area (Å²) in [5.74, 6) is 0.931. The number of aliphatic hydroxyl groups excluding tert-OH is 1. The molecular weight excluding hydrogens is 361 g/mol. The van der Waals surface area contributed by atoms with Crippen molar-refractivity contribution in [1.29, 1.82) is 0 Å². The summed E-state index contributed by atoms with van der Waals surface area (Å²) in [7, 11) is 0. The fraction of sp³-hybridized carbons (Fsp3) is 0.632. The topological polar surface area (TPSA) is 70.6 Å². The van der Waals surface area contributed by atoms with Gasteiger partial charge in [0.2, 0.25) is 5.91 Å². The molecule has 0 saturated carbocycles. The van der Waals surface area contributed by atoms with E-state index in [-0.39, 0.29) is 30.7 Å². The number of nitrogens with one attached hydrogen (secondary N) is 2. The van der Waals surface area contributed by atoms with E-state index in [2.05, 4.69) is 17.6 Å². The van der Waals surface area contributed by atoms with Crippen LogP contribution in [0.4, 0.5) is 13.2 Å². The van der Waals surface area contributed by atoms with Gasteiger partial charge in [-0.2, -0.15) is 13.2 Å². The SMILES string of the molecule is CC(CC(=O)NCC(O)COc1ccc(C(F)(F)F)cc1)C1CCNCC1. The summed E-state index contributed by atoms with van der Waals surface area (Å²) < 4.78 is 42.8. The number of carbonyl (C=O) groups is 1. The van der Waals surface area contributed by atoms with Gasteiger partial charge in [-0.05, 0) is 62.0 Å². The number of carbonyl (C=O) groups excluding carboxylic acids is 1. The minimum atomic E-state index is -4.40. The van der Waals surface area contributed by atoms with Crippen molar-refractivity contribution in [2.24, 2.45) is 11.8 Å². The quantitative estimate of drug-likeness (QED) is 0.640. The van der Waals surface area contributed by atoms with Gasteiger partial charge in [0.25, 0.3) is 0 Å². The number of amides is 1. The third-order valence-corrected chi connectivity index (χ3v) is 4.85. The largest absolute Gasteiger partial charge is 0.491 e. The van der Waals surface area contributed by atoms with Crippen molar-refractivity contribution in [3.05, 3.63) is 29.8 Å². The number of hydrogen-bond donors (Lipinski definition) is 3. The number of rotatable bonds is 8. The van der Waals surface area contributed by atoms with Crippen LogP contribution < -0.4 is 15.4 Å². The Balaban J connectivity index is 1.66. The van der Waals surface area contributed by atoms with Gasteiger partial charge in [-0.3, -0.25) is 4.79 Å². The molecule has 8 heteroatoms. The Labute approximate surface area is 157 Å². The number of ether oxygens (including phenoxy) is 1. The zero-order valence-corrected chi connectivity index (χ0v) is 15.4. The predicted octanol–water partition coefficient (Wildman–Crippen LogP) is 2.59. The van der Waals surface area contributed by atoms with E-state index in [1.165, 1.54) is 12.1 Å². The molecule has 152 valence electrons. The first-order chi connectivity index (χ1) is 12.8. The van der Waals surface area contributed by atoms with E-state index >= 15 is 0 Å². The van der Waals surface area contributed by atoms with Gasteiger partial charge in [-0.1, -0.05) is 6.92 Å². The summed E-state index contributed by atoms with van der Waals surface area (Å²) in [6.07, 6.45) is -2.79. The van der Waals surface area contributed by atoms with Gasteiger partial charge in [0.15, 0.2) is 0 Å². The molecule has 5 nitrogen and oxygen atoms in total. The third-order valence-electron chi connectivity index (χ3n) is 4.85. The second-order valence-corrected chi connectivity index (χ2v) is 7.06. The van der Waals surface area contributed by atoms with Gasteiger partial charge in [-0.15, -0.1) is 0 Å². The number of alkyl halides is 3. The Morgan fingerprint density at radius 2 is 1.93 bits per heavy atom. The molecule has 27 heavy (non-hydrogen) atoms. The number of piperidine rings is 1. The molecular formula is C19H27F3N2O3. The Morgan fingerprint density at radius 1 is 1.30 bits per heavy atom. The standard InChI is InChI=1S/C19H27F3N2O3/c1-13(14-6-8-23-9-7-14)10-18(26)24-11-16(25)12-27-17-4-2-15(3-5-17)19(20,21)22/h2-5,13-14,16,23,25H,6-12H2,1H3,(H,24,26). The third kappa shape index (κ3) is 7.38. The van der Waals surface area contributed by atoms with Crippen molar-refractivity contribution in [1.82, 2.24) is 10.6 Å². The Kier molecular flexibility index (Phi) is 7.91. The molecule has 1 aliphatic heterocycles. The van der Waals surface area contributed by atoms with E-state index in [0.29, 0.717) is 12.3 Å². The van der Waals surface area contributed by atoms with E-state index in [1.807, 2.05) is 0 Å². The van der Waals surface area contributed by atoms with E-state index in [9.17, 15) is 23.1 Å². The fourth-order valence-corrected chi connectivity index (χ4v) is 3.17.